The lowest BCUT2D eigenvalue weighted by Crippen LogP contribution is -2.39. The summed E-state index contributed by atoms with van der Waals surface area (Å²) in [5, 5.41) is 11.9. The van der Waals surface area contributed by atoms with Gasteiger partial charge in [0.05, 0.1) is 0 Å². The molecule has 0 bridgehead atoms. The van der Waals surface area contributed by atoms with Gasteiger partial charge in [-0.25, -0.2) is 4.39 Å². The van der Waals surface area contributed by atoms with Crippen LogP contribution in [0.1, 0.15) is 43.9 Å². The summed E-state index contributed by atoms with van der Waals surface area (Å²) in [4.78, 5) is 26.9. The van der Waals surface area contributed by atoms with Gasteiger partial charge in [-0.3, -0.25) is 9.59 Å². The molecule has 6 nitrogen and oxygen atoms in total. The lowest BCUT2D eigenvalue weighted by molar-refractivity contribution is 0.0706. The van der Waals surface area contributed by atoms with Crippen LogP contribution < -0.4 is 5.32 Å². The van der Waals surface area contributed by atoms with Gasteiger partial charge in [-0.1, -0.05) is 29.5 Å². The number of piperidine rings is 1. The molecule has 148 valence electrons. The van der Waals surface area contributed by atoms with E-state index in [1.165, 1.54) is 35.6 Å². The van der Waals surface area contributed by atoms with E-state index in [1.807, 2.05) is 35.2 Å². The van der Waals surface area contributed by atoms with E-state index in [1.54, 1.807) is 0 Å². The highest BCUT2D eigenvalue weighted by Gasteiger charge is 2.28. The minimum Gasteiger partial charge on any atom is -0.338 e. The summed E-state index contributed by atoms with van der Waals surface area (Å²) in [6, 6.07) is 14.8. The highest BCUT2D eigenvalue weighted by atomic mass is 32.1. The van der Waals surface area contributed by atoms with Crippen LogP contribution in [-0.2, 0) is 0 Å². The number of hydrogen-bond donors (Lipinski definition) is 1. The minimum atomic E-state index is -0.381. The second-order valence-electron chi connectivity index (χ2n) is 6.86. The van der Waals surface area contributed by atoms with Crippen LogP contribution in [0.2, 0.25) is 0 Å². The molecule has 0 aliphatic carbocycles. The Labute approximate surface area is 171 Å². The predicted octanol–water partition coefficient (Wildman–Crippen LogP) is 3.95. The van der Waals surface area contributed by atoms with E-state index in [9.17, 15) is 14.0 Å². The Kier molecular flexibility index (Phi) is 5.62. The maximum absolute atomic E-state index is 13.0. The van der Waals surface area contributed by atoms with E-state index in [4.69, 9.17) is 0 Å². The summed E-state index contributed by atoms with van der Waals surface area (Å²) in [7, 11) is 0. The van der Waals surface area contributed by atoms with Crippen LogP contribution in [0.5, 0.6) is 0 Å². The predicted molar refractivity (Wildman–Crippen MR) is 109 cm³/mol. The van der Waals surface area contributed by atoms with Crippen LogP contribution in [-0.4, -0.2) is 40.0 Å². The van der Waals surface area contributed by atoms with E-state index < -0.39 is 0 Å². The van der Waals surface area contributed by atoms with Crippen LogP contribution in [0.15, 0.2) is 54.6 Å². The highest BCUT2D eigenvalue weighted by molar-refractivity contribution is 7.13. The van der Waals surface area contributed by atoms with Gasteiger partial charge in [-0.15, -0.1) is 10.2 Å². The topological polar surface area (TPSA) is 75.2 Å². The van der Waals surface area contributed by atoms with Crippen LogP contribution in [0.3, 0.4) is 0 Å². The molecule has 2 aromatic carbocycles. The smallest absolute Gasteiger partial charge is 0.286 e. The Morgan fingerprint density at radius 3 is 2.59 bits per heavy atom. The normalized spacial score (nSPS) is 16.4. The molecule has 1 atom stereocenters. The molecule has 1 aliphatic rings. The summed E-state index contributed by atoms with van der Waals surface area (Å²) < 4.78 is 13.0. The fourth-order valence-electron chi connectivity index (χ4n) is 3.34. The van der Waals surface area contributed by atoms with E-state index in [0.29, 0.717) is 24.3 Å². The summed E-state index contributed by atoms with van der Waals surface area (Å²) in [5.41, 5.74) is 1.16. The van der Waals surface area contributed by atoms with Gasteiger partial charge in [-0.05, 0) is 49.2 Å². The lowest BCUT2D eigenvalue weighted by atomic mass is 9.98. The number of halogens is 1. The molecule has 1 saturated heterocycles. The Hall–Kier alpha value is -3.13. The van der Waals surface area contributed by atoms with E-state index in [0.717, 1.165) is 17.8 Å². The first-order chi connectivity index (χ1) is 14.1. The van der Waals surface area contributed by atoms with Gasteiger partial charge in [0.25, 0.3) is 11.8 Å². The van der Waals surface area contributed by atoms with Gasteiger partial charge in [0.2, 0.25) is 5.01 Å². The number of nitrogens with one attached hydrogen (secondary N) is 1. The maximum Gasteiger partial charge on any atom is 0.286 e. The van der Waals surface area contributed by atoms with Gasteiger partial charge in [0.15, 0.2) is 0 Å². The third kappa shape index (κ3) is 4.48. The molecule has 1 aliphatic heterocycles. The van der Waals surface area contributed by atoms with Crippen molar-refractivity contribution in [2.45, 2.75) is 18.8 Å². The zero-order chi connectivity index (χ0) is 20.2. The number of carbonyl (C=O) groups excluding carboxylic acids is 2. The maximum atomic E-state index is 13.0. The molecule has 0 radical (unpaired) electrons. The van der Waals surface area contributed by atoms with Gasteiger partial charge in [-0.2, -0.15) is 0 Å². The van der Waals surface area contributed by atoms with Crippen molar-refractivity contribution in [2.75, 3.05) is 18.4 Å². The zero-order valence-corrected chi connectivity index (χ0v) is 16.4. The molecule has 8 heteroatoms. The fourth-order valence-corrected chi connectivity index (χ4v) is 4.20. The van der Waals surface area contributed by atoms with Gasteiger partial charge in [0.1, 0.15) is 10.8 Å². The first-order valence-corrected chi connectivity index (χ1v) is 10.2. The van der Waals surface area contributed by atoms with Crippen molar-refractivity contribution >= 4 is 28.8 Å². The third-order valence-electron chi connectivity index (χ3n) is 4.82. The van der Waals surface area contributed by atoms with Crippen LogP contribution >= 0.6 is 11.3 Å². The molecule has 3 aromatic rings. The molecule has 29 heavy (non-hydrogen) atoms. The van der Waals surface area contributed by atoms with Crippen LogP contribution in [0.4, 0.5) is 10.1 Å². The van der Waals surface area contributed by atoms with Gasteiger partial charge in [0, 0.05) is 30.3 Å². The number of nitrogens with zero attached hydrogens (tertiary/aromatic N) is 3. The fraction of sp³-hybridized carbons (Fsp3) is 0.238. The molecule has 0 saturated carbocycles. The average molecular weight is 410 g/mol. The standard InChI is InChI=1S/C21H19FN4O2S/c22-16-8-10-17(11-9-16)23-18(27)20-25-24-19(29-20)15-7-4-12-26(13-15)21(28)14-5-2-1-3-6-14/h1-3,5-6,8-11,15H,4,7,12-13H2,(H,23,27)/t15-/m0/s1. The Morgan fingerprint density at radius 2 is 1.83 bits per heavy atom. The Bertz CT molecular complexity index is 1010. The van der Waals surface area contributed by atoms with Crippen LogP contribution in [0, 0.1) is 5.82 Å². The summed E-state index contributed by atoms with van der Waals surface area (Å²) >= 11 is 1.23. The number of anilines is 1. The van der Waals surface area contributed by atoms with Crippen molar-refractivity contribution in [2.24, 2.45) is 0 Å². The lowest BCUT2D eigenvalue weighted by Gasteiger charge is -2.31. The number of rotatable bonds is 4. The molecular weight excluding hydrogens is 391 g/mol. The number of benzene rings is 2. The molecule has 2 heterocycles. The monoisotopic (exact) mass is 410 g/mol. The van der Waals surface area contributed by atoms with Crippen molar-refractivity contribution < 1.29 is 14.0 Å². The summed E-state index contributed by atoms with van der Waals surface area (Å²) in [6.07, 6.45) is 1.77. The Morgan fingerprint density at radius 1 is 1.07 bits per heavy atom. The molecule has 4 rings (SSSR count). The number of carbonyl (C=O) groups is 2. The van der Waals surface area contributed by atoms with E-state index in [-0.39, 0.29) is 28.6 Å². The van der Waals surface area contributed by atoms with E-state index in [2.05, 4.69) is 15.5 Å². The SMILES string of the molecule is O=C(Nc1ccc(F)cc1)c1nnc([C@H]2CCCN(C(=O)c3ccccc3)C2)s1. The van der Waals surface area contributed by atoms with Crippen LogP contribution in [0.25, 0.3) is 0 Å². The second-order valence-corrected chi connectivity index (χ2v) is 7.87. The molecule has 1 fully saturated rings. The molecular formula is C21H19FN4O2S. The largest absolute Gasteiger partial charge is 0.338 e. The molecule has 1 N–H and O–H groups in total. The summed E-state index contributed by atoms with van der Waals surface area (Å²) in [6.45, 7) is 1.27. The third-order valence-corrected chi connectivity index (χ3v) is 5.90. The van der Waals surface area contributed by atoms with Crippen molar-refractivity contribution in [1.82, 2.24) is 15.1 Å². The highest BCUT2D eigenvalue weighted by Crippen LogP contribution is 2.30. The Balaban J connectivity index is 1.42. The molecule has 0 unspecified atom stereocenters. The second kappa shape index (κ2) is 8.48. The number of likely N-dealkylation sites (tertiary alicyclic amines) is 1. The van der Waals surface area contributed by atoms with Crippen molar-refractivity contribution in [3.05, 3.63) is 76.0 Å². The van der Waals surface area contributed by atoms with Crippen molar-refractivity contribution in [3.63, 3.8) is 0 Å². The van der Waals surface area contributed by atoms with Gasteiger partial charge >= 0.3 is 0 Å². The van der Waals surface area contributed by atoms with Crippen molar-refractivity contribution in [3.8, 4) is 0 Å². The first-order valence-electron chi connectivity index (χ1n) is 9.35. The number of amides is 2. The zero-order valence-electron chi connectivity index (χ0n) is 15.5. The molecule has 0 spiro atoms. The quantitative estimate of drug-likeness (QED) is 0.707. The van der Waals surface area contributed by atoms with Gasteiger partial charge < -0.3 is 10.2 Å². The average Bonchev–Trinajstić information content (AvgIpc) is 3.26. The van der Waals surface area contributed by atoms with E-state index >= 15 is 0 Å². The minimum absolute atomic E-state index is 0.00842. The first kappa shape index (κ1) is 19.2. The number of aromatic nitrogens is 2. The molecule has 2 amide bonds. The van der Waals surface area contributed by atoms with Crippen molar-refractivity contribution in [1.29, 1.82) is 0 Å². The molecule has 1 aromatic heterocycles. The summed E-state index contributed by atoms with van der Waals surface area (Å²) in [5.74, 6) is -0.683. The number of hydrogen-bond acceptors (Lipinski definition) is 5.